The Labute approximate surface area is 457 Å². The summed E-state index contributed by atoms with van der Waals surface area (Å²) in [5, 5.41) is 11.7. The Hall–Kier alpha value is -7.95. The van der Waals surface area contributed by atoms with Crippen LogP contribution in [0.5, 0.6) is 0 Å². The summed E-state index contributed by atoms with van der Waals surface area (Å²) >= 11 is 10.0. The number of fused-ring (bicyclic) bond motifs is 7. The van der Waals surface area contributed by atoms with Crippen LogP contribution < -0.4 is 9.80 Å². The third-order valence-electron chi connectivity index (χ3n) is 15.3. The summed E-state index contributed by atoms with van der Waals surface area (Å²) in [4.78, 5) is 4.78. The van der Waals surface area contributed by atoms with Crippen LogP contribution in [0, 0.1) is 0 Å². The van der Waals surface area contributed by atoms with E-state index in [9.17, 15) is 0 Å². The standard InChI is InChI=1S/C72H61ClN2S/c1-8-47-28-37-55(38-29-47)74(68-46-76-69-41-36-54(45-64(68)69)72(5,6)7)66-26-17-27-67(70(66)73)75(56-21-16-20-51(42-56)50-32-30-49(31-33-50)48-18-10-9-11-19-48)65-40-35-53(71(2,3)4)44-62(65)52-34-39-61-59-24-13-12-22-57(59)58-23-14-15-25-60(58)63(61)43-52/h9-46H,8H2,1-7H3. The lowest BCUT2D eigenvalue weighted by atomic mass is 9.84. The number of benzene rings is 11. The molecule has 0 unspecified atom stereocenters. The van der Waals surface area contributed by atoms with Crippen molar-refractivity contribution in [3.05, 3.63) is 252 Å². The molecule has 0 saturated carbocycles. The molecular weight excluding hydrogens is 960 g/mol. The molecule has 0 aliphatic rings. The highest BCUT2D eigenvalue weighted by molar-refractivity contribution is 7.17. The Kier molecular flexibility index (Phi) is 12.6. The molecule has 2 nitrogen and oxygen atoms in total. The molecule has 1 aromatic heterocycles. The van der Waals surface area contributed by atoms with Gasteiger partial charge in [0.15, 0.2) is 0 Å². The topological polar surface area (TPSA) is 6.48 Å². The fraction of sp³-hybridized carbons (Fsp3) is 0.139. The van der Waals surface area contributed by atoms with E-state index in [1.807, 2.05) is 0 Å². The van der Waals surface area contributed by atoms with Gasteiger partial charge in [0.1, 0.15) is 0 Å². The molecule has 0 aliphatic carbocycles. The summed E-state index contributed by atoms with van der Waals surface area (Å²) in [6.07, 6.45) is 0.957. The van der Waals surface area contributed by atoms with Crippen molar-refractivity contribution < 1.29 is 0 Å². The van der Waals surface area contributed by atoms with E-state index in [1.54, 1.807) is 11.3 Å². The van der Waals surface area contributed by atoms with E-state index in [0.717, 1.165) is 62.8 Å². The van der Waals surface area contributed by atoms with Gasteiger partial charge in [-0.15, -0.1) is 11.3 Å². The second-order valence-electron chi connectivity index (χ2n) is 22.2. The number of hydrogen-bond donors (Lipinski definition) is 0. The van der Waals surface area contributed by atoms with Crippen molar-refractivity contribution in [1.82, 2.24) is 0 Å². The molecule has 76 heavy (non-hydrogen) atoms. The Morgan fingerprint density at radius 3 is 1.51 bits per heavy atom. The average Bonchev–Trinajstić information content (AvgIpc) is 3.97. The summed E-state index contributed by atoms with van der Waals surface area (Å²) < 4.78 is 1.24. The molecule has 0 saturated heterocycles. The molecule has 12 rings (SSSR count). The number of thiophene rings is 1. The number of hydrogen-bond acceptors (Lipinski definition) is 3. The van der Waals surface area contributed by atoms with Crippen LogP contribution >= 0.6 is 22.9 Å². The van der Waals surface area contributed by atoms with Gasteiger partial charge in [0.2, 0.25) is 0 Å². The molecule has 0 atom stereocenters. The second-order valence-corrected chi connectivity index (χ2v) is 23.5. The Morgan fingerprint density at radius 1 is 0.368 bits per heavy atom. The van der Waals surface area contributed by atoms with E-state index in [0.29, 0.717) is 5.02 Å². The first-order chi connectivity index (χ1) is 36.8. The third-order valence-corrected chi connectivity index (χ3v) is 16.6. The minimum atomic E-state index is -0.120. The largest absolute Gasteiger partial charge is 0.308 e. The Morgan fingerprint density at radius 2 is 0.882 bits per heavy atom. The number of rotatable bonds is 10. The maximum absolute atomic E-state index is 8.23. The van der Waals surface area contributed by atoms with Gasteiger partial charge in [-0.1, -0.05) is 218 Å². The first kappa shape index (κ1) is 49.0. The molecule has 4 heteroatoms. The summed E-state index contributed by atoms with van der Waals surface area (Å²) in [6, 6.07) is 82.8. The molecule has 0 bridgehead atoms. The molecule has 372 valence electrons. The minimum Gasteiger partial charge on any atom is -0.308 e. The van der Waals surface area contributed by atoms with Crippen molar-refractivity contribution in [2.24, 2.45) is 0 Å². The van der Waals surface area contributed by atoms with Crippen LogP contribution in [0.4, 0.5) is 34.1 Å². The van der Waals surface area contributed by atoms with Gasteiger partial charge in [-0.2, -0.15) is 0 Å². The van der Waals surface area contributed by atoms with E-state index in [-0.39, 0.29) is 10.8 Å². The van der Waals surface area contributed by atoms with Crippen LogP contribution in [-0.2, 0) is 17.3 Å². The average molecular weight is 1020 g/mol. The quantitative estimate of drug-likeness (QED) is 0.126. The molecule has 0 aliphatic heterocycles. The van der Waals surface area contributed by atoms with Gasteiger partial charge in [-0.05, 0) is 161 Å². The molecule has 0 radical (unpaired) electrons. The smallest absolute Gasteiger partial charge is 0.0887 e. The normalized spacial score (nSPS) is 12.0. The van der Waals surface area contributed by atoms with Crippen LogP contribution in [0.1, 0.15) is 65.2 Å². The van der Waals surface area contributed by atoms with Gasteiger partial charge < -0.3 is 9.80 Å². The van der Waals surface area contributed by atoms with Crippen LogP contribution in [0.15, 0.2) is 230 Å². The van der Waals surface area contributed by atoms with Crippen molar-refractivity contribution in [3.8, 4) is 33.4 Å². The lowest BCUT2D eigenvalue weighted by Crippen LogP contribution is -2.16. The van der Waals surface area contributed by atoms with E-state index >= 15 is 0 Å². The van der Waals surface area contributed by atoms with E-state index in [2.05, 4.69) is 288 Å². The van der Waals surface area contributed by atoms with Crippen molar-refractivity contribution in [1.29, 1.82) is 0 Å². The van der Waals surface area contributed by atoms with Crippen molar-refractivity contribution in [2.75, 3.05) is 9.80 Å². The minimum absolute atomic E-state index is 0.0241. The molecule has 0 amide bonds. The fourth-order valence-corrected chi connectivity index (χ4v) is 12.2. The SMILES string of the molecule is CCc1ccc(N(c2cccc(N(c3cccc(-c4ccc(-c5ccccc5)cc4)c3)c3ccc(C(C)(C)C)cc3-c3ccc4c5ccccc5c5ccccc5c4c3)c2Cl)c2csc3ccc(C(C)(C)C)cc23)cc1. The van der Waals surface area contributed by atoms with Crippen molar-refractivity contribution >= 4 is 99.5 Å². The number of aryl methyl sites for hydroxylation is 1. The van der Waals surface area contributed by atoms with Gasteiger partial charge in [0.05, 0.1) is 27.8 Å². The zero-order valence-corrected chi connectivity index (χ0v) is 45.9. The number of anilines is 6. The van der Waals surface area contributed by atoms with Gasteiger partial charge in [0, 0.05) is 32.4 Å². The van der Waals surface area contributed by atoms with Crippen LogP contribution in [0.2, 0.25) is 5.02 Å². The first-order valence-corrected chi connectivity index (χ1v) is 27.8. The number of halogens is 1. The monoisotopic (exact) mass is 1020 g/mol. The van der Waals surface area contributed by atoms with E-state index in [4.69, 9.17) is 11.6 Å². The molecule has 11 aromatic carbocycles. The molecule has 12 aromatic rings. The van der Waals surface area contributed by atoms with Crippen LogP contribution in [0.25, 0.3) is 75.8 Å². The summed E-state index contributed by atoms with van der Waals surface area (Å²) in [5.74, 6) is 0. The second kappa shape index (κ2) is 19.6. The Balaban J connectivity index is 1.11. The Bertz CT molecular complexity index is 4080. The summed E-state index contributed by atoms with van der Waals surface area (Å²) in [7, 11) is 0. The van der Waals surface area contributed by atoms with Crippen LogP contribution in [-0.4, -0.2) is 0 Å². The molecule has 0 N–H and O–H groups in total. The highest BCUT2D eigenvalue weighted by atomic mass is 35.5. The maximum Gasteiger partial charge on any atom is 0.0887 e. The highest BCUT2D eigenvalue weighted by Gasteiger charge is 2.28. The summed E-state index contributed by atoms with van der Waals surface area (Å²) in [6.45, 7) is 16.0. The molecular formula is C72H61ClN2S. The van der Waals surface area contributed by atoms with Crippen LogP contribution in [0.3, 0.4) is 0 Å². The molecule has 0 fully saturated rings. The predicted octanol–water partition coefficient (Wildman–Crippen LogP) is 22.1. The van der Waals surface area contributed by atoms with Gasteiger partial charge in [0.25, 0.3) is 0 Å². The van der Waals surface area contributed by atoms with E-state index in [1.165, 1.54) is 70.2 Å². The zero-order chi connectivity index (χ0) is 52.3. The lowest BCUT2D eigenvalue weighted by molar-refractivity contribution is 0.590. The summed E-state index contributed by atoms with van der Waals surface area (Å²) in [5.41, 5.74) is 16.6. The van der Waals surface area contributed by atoms with Gasteiger partial charge in [-0.3, -0.25) is 0 Å². The maximum atomic E-state index is 8.23. The third kappa shape index (κ3) is 9.02. The van der Waals surface area contributed by atoms with Gasteiger partial charge >= 0.3 is 0 Å². The molecule has 1 heterocycles. The molecule has 0 spiro atoms. The predicted molar refractivity (Wildman–Crippen MR) is 332 cm³/mol. The number of nitrogens with zero attached hydrogens (tertiary/aromatic N) is 2. The van der Waals surface area contributed by atoms with Crippen molar-refractivity contribution in [3.63, 3.8) is 0 Å². The first-order valence-electron chi connectivity index (χ1n) is 26.6. The zero-order valence-electron chi connectivity index (χ0n) is 44.3. The lowest BCUT2D eigenvalue weighted by Gasteiger charge is -2.33. The van der Waals surface area contributed by atoms with Crippen molar-refractivity contribution in [2.45, 2.75) is 65.7 Å². The fourth-order valence-electron chi connectivity index (χ4n) is 11.0. The van der Waals surface area contributed by atoms with Gasteiger partial charge in [-0.25, -0.2) is 0 Å². The highest BCUT2D eigenvalue weighted by Crippen LogP contribution is 2.52. The van der Waals surface area contributed by atoms with E-state index < -0.39 is 0 Å².